The molecule has 1 saturated heterocycles. The number of alkyl halides is 3. The molecule has 3 aromatic rings. The van der Waals surface area contributed by atoms with Crippen molar-refractivity contribution in [3.63, 3.8) is 0 Å². The molecule has 4 rings (SSSR count). The third-order valence-electron chi connectivity index (χ3n) is 4.96. The fourth-order valence-corrected chi connectivity index (χ4v) is 3.44. The van der Waals surface area contributed by atoms with E-state index in [4.69, 9.17) is 4.74 Å². The summed E-state index contributed by atoms with van der Waals surface area (Å²) >= 11 is 0. The fraction of sp³-hybridized carbons (Fsp3) is 0.273. The lowest BCUT2D eigenvalue weighted by Gasteiger charge is -2.33. The normalized spacial score (nSPS) is 15.3. The molecule has 0 spiro atoms. The highest BCUT2D eigenvalue weighted by Crippen LogP contribution is 2.37. The van der Waals surface area contributed by atoms with E-state index in [1.165, 1.54) is 12.1 Å². The van der Waals surface area contributed by atoms with Crippen molar-refractivity contribution in [3.8, 4) is 17.0 Å². The number of ether oxygens (including phenoxy) is 1. The number of hydrogen-bond acceptors (Lipinski definition) is 4. The molecule has 1 aliphatic heterocycles. The fourth-order valence-electron chi connectivity index (χ4n) is 3.44. The van der Waals surface area contributed by atoms with E-state index in [9.17, 15) is 13.2 Å². The molecule has 0 amide bonds. The van der Waals surface area contributed by atoms with Crippen LogP contribution in [-0.4, -0.2) is 29.2 Å². The number of nitrogens with zero attached hydrogens (tertiary/aromatic N) is 3. The van der Waals surface area contributed by atoms with Crippen molar-refractivity contribution in [2.45, 2.75) is 25.1 Å². The first-order valence-corrected chi connectivity index (χ1v) is 9.46. The molecule has 1 aliphatic rings. The van der Waals surface area contributed by atoms with Gasteiger partial charge in [-0.05, 0) is 36.4 Å². The van der Waals surface area contributed by atoms with Crippen molar-refractivity contribution in [1.29, 1.82) is 0 Å². The van der Waals surface area contributed by atoms with E-state index < -0.39 is 11.7 Å². The van der Waals surface area contributed by atoms with Gasteiger partial charge in [0.15, 0.2) is 0 Å². The van der Waals surface area contributed by atoms with Crippen molar-refractivity contribution in [3.05, 3.63) is 72.6 Å². The molecule has 2 aromatic heterocycles. The zero-order chi connectivity index (χ0) is 20.3. The van der Waals surface area contributed by atoms with Gasteiger partial charge in [0.2, 0.25) is 0 Å². The van der Waals surface area contributed by atoms with Crippen LogP contribution in [0.3, 0.4) is 0 Å². The van der Waals surface area contributed by atoms with Crippen LogP contribution in [0.4, 0.5) is 19.0 Å². The van der Waals surface area contributed by atoms with Crippen molar-refractivity contribution < 1.29 is 17.9 Å². The van der Waals surface area contributed by atoms with Gasteiger partial charge < -0.3 is 9.64 Å². The minimum absolute atomic E-state index is 0.101. The van der Waals surface area contributed by atoms with Crippen molar-refractivity contribution in [1.82, 2.24) is 9.97 Å². The first-order chi connectivity index (χ1) is 14.0. The molecular weight excluding hydrogens is 379 g/mol. The molecule has 7 heteroatoms. The molecule has 0 saturated carbocycles. The van der Waals surface area contributed by atoms with Gasteiger partial charge in [0.25, 0.3) is 0 Å². The predicted octanol–water partition coefficient (Wildman–Crippen LogP) is 5.21. The smallest absolute Gasteiger partial charge is 0.419 e. The summed E-state index contributed by atoms with van der Waals surface area (Å²) in [4.78, 5) is 11.0. The minimum atomic E-state index is -4.42. The van der Waals surface area contributed by atoms with E-state index in [1.807, 2.05) is 30.3 Å². The molecule has 4 nitrogen and oxygen atoms in total. The topological polar surface area (TPSA) is 38.2 Å². The van der Waals surface area contributed by atoms with E-state index in [0.717, 1.165) is 23.1 Å². The largest absolute Gasteiger partial charge is 0.490 e. The highest BCUT2D eigenvalue weighted by molar-refractivity contribution is 5.59. The van der Waals surface area contributed by atoms with Gasteiger partial charge in [0, 0.05) is 43.9 Å². The van der Waals surface area contributed by atoms with Gasteiger partial charge in [-0.3, -0.25) is 4.98 Å². The van der Waals surface area contributed by atoms with Gasteiger partial charge in [-0.25, -0.2) is 4.98 Å². The van der Waals surface area contributed by atoms with Crippen LogP contribution in [0.1, 0.15) is 18.4 Å². The Morgan fingerprint density at radius 3 is 2.31 bits per heavy atom. The molecule has 0 aliphatic carbocycles. The van der Waals surface area contributed by atoms with Gasteiger partial charge in [0.1, 0.15) is 17.7 Å². The van der Waals surface area contributed by atoms with Gasteiger partial charge in [-0.1, -0.05) is 18.2 Å². The first-order valence-electron chi connectivity index (χ1n) is 9.46. The number of rotatable bonds is 4. The van der Waals surface area contributed by atoms with Crippen LogP contribution < -0.4 is 9.64 Å². The predicted molar refractivity (Wildman–Crippen MR) is 105 cm³/mol. The average molecular weight is 399 g/mol. The Bertz CT molecular complexity index is 938. The number of piperidine rings is 1. The second kappa shape index (κ2) is 8.11. The molecule has 0 bridgehead atoms. The van der Waals surface area contributed by atoms with E-state index >= 15 is 0 Å². The van der Waals surface area contributed by atoms with Gasteiger partial charge in [-0.15, -0.1) is 0 Å². The number of pyridine rings is 2. The average Bonchev–Trinajstić information content (AvgIpc) is 2.75. The van der Waals surface area contributed by atoms with E-state index in [-0.39, 0.29) is 11.9 Å². The Morgan fingerprint density at radius 1 is 0.897 bits per heavy atom. The molecule has 0 N–H and O–H groups in total. The molecule has 0 atom stereocenters. The van der Waals surface area contributed by atoms with Crippen LogP contribution in [0, 0.1) is 0 Å². The maximum atomic E-state index is 13.1. The summed E-state index contributed by atoms with van der Waals surface area (Å²) in [6.07, 6.45) is 0.134. The van der Waals surface area contributed by atoms with Crippen molar-refractivity contribution >= 4 is 5.82 Å². The summed E-state index contributed by atoms with van der Waals surface area (Å²) in [6.45, 7) is 1.35. The van der Waals surface area contributed by atoms with Crippen LogP contribution in [-0.2, 0) is 6.18 Å². The van der Waals surface area contributed by atoms with Gasteiger partial charge in [0.05, 0.1) is 11.3 Å². The minimum Gasteiger partial charge on any atom is -0.490 e. The number of anilines is 1. The number of halogens is 3. The lowest BCUT2D eigenvalue weighted by atomic mass is 10.1. The van der Waals surface area contributed by atoms with E-state index in [0.29, 0.717) is 25.9 Å². The maximum Gasteiger partial charge on any atom is 0.419 e. The SMILES string of the molecule is FC(F)(F)c1ccccc1OC1CCN(c2ccc(-c3ccccn3)cn2)CC1. The summed E-state index contributed by atoms with van der Waals surface area (Å²) in [6, 6.07) is 15.0. The third-order valence-corrected chi connectivity index (χ3v) is 4.96. The lowest BCUT2D eigenvalue weighted by molar-refractivity contribution is -0.139. The first kappa shape index (κ1) is 19.2. The van der Waals surface area contributed by atoms with E-state index in [1.54, 1.807) is 18.5 Å². The number of para-hydroxylation sites is 1. The second-order valence-electron chi connectivity index (χ2n) is 6.92. The van der Waals surface area contributed by atoms with Crippen molar-refractivity contribution in [2.75, 3.05) is 18.0 Å². The summed E-state index contributed by atoms with van der Waals surface area (Å²) in [7, 11) is 0. The molecule has 0 radical (unpaired) electrons. The van der Waals surface area contributed by atoms with Crippen LogP contribution >= 0.6 is 0 Å². The second-order valence-corrected chi connectivity index (χ2v) is 6.92. The summed E-state index contributed by atoms with van der Waals surface area (Å²) < 4.78 is 45.1. The lowest BCUT2D eigenvalue weighted by Crippen LogP contribution is -2.38. The maximum absolute atomic E-state index is 13.1. The van der Waals surface area contributed by atoms with Crippen LogP contribution in [0.25, 0.3) is 11.3 Å². The molecule has 1 fully saturated rings. The quantitative estimate of drug-likeness (QED) is 0.604. The summed E-state index contributed by atoms with van der Waals surface area (Å²) in [5, 5.41) is 0. The third kappa shape index (κ3) is 4.50. The standard InChI is InChI=1S/C22H20F3N3O/c23-22(24,25)18-5-1-2-7-20(18)29-17-10-13-28(14-11-17)21-9-8-16(15-27-21)19-6-3-4-12-26-19/h1-9,12,15,17H,10-11,13-14H2. The summed E-state index contributed by atoms with van der Waals surface area (Å²) in [5.74, 6) is 0.745. The van der Waals surface area contributed by atoms with Crippen molar-refractivity contribution in [2.24, 2.45) is 0 Å². The Labute approximate surface area is 167 Å². The zero-order valence-electron chi connectivity index (χ0n) is 15.6. The highest BCUT2D eigenvalue weighted by Gasteiger charge is 2.35. The molecule has 150 valence electrons. The monoisotopic (exact) mass is 399 g/mol. The van der Waals surface area contributed by atoms with E-state index in [2.05, 4.69) is 14.9 Å². The molecule has 3 heterocycles. The van der Waals surface area contributed by atoms with Crippen LogP contribution in [0.5, 0.6) is 5.75 Å². The number of aromatic nitrogens is 2. The van der Waals surface area contributed by atoms with Gasteiger partial charge in [-0.2, -0.15) is 13.2 Å². The number of benzene rings is 1. The number of hydrogen-bond donors (Lipinski definition) is 0. The highest BCUT2D eigenvalue weighted by atomic mass is 19.4. The Hall–Kier alpha value is -3.09. The van der Waals surface area contributed by atoms with Crippen LogP contribution in [0.15, 0.2) is 67.0 Å². The van der Waals surface area contributed by atoms with Crippen LogP contribution in [0.2, 0.25) is 0 Å². The summed E-state index contributed by atoms with van der Waals surface area (Å²) in [5.41, 5.74) is 1.08. The molecule has 0 unspecified atom stereocenters. The molecular formula is C22H20F3N3O. The molecule has 29 heavy (non-hydrogen) atoms. The Balaban J connectivity index is 1.38. The molecule has 1 aromatic carbocycles. The zero-order valence-corrected chi connectivity index (χ0v) is 15.6. The van der Waals surface area contributed by atoms with Gasteiger partial charge >= 0.3 is 6.18 Å². The Morgan fingerprint density at radius 2 is 1.66 bits per heavy atom. The Kier molecular flexibility index (Phi) is 5.38.